The van der Waals surface area contributed by atoms with E-state index in [9.17, 15) is 63.0 Å². The fraction of sp³-hybridized carbons (Fsp3) is 0.695. The molecule has 0 spiro atoms. The van der Waals surface area contributed by atoms with Gasteiger partial charge in [-0.1, -0.05) is 36.8 Å². The van der Waals surface area contributed by atoms with Crippen molar-refractivity contribution in [2.45, 2.75) is 215 Å². The van der Waals surface area contributed by atoms with Crippen LogP contribution in [0.2, 0.25) is 0 Å². The number of nitrogens with one attached hydrogen (secondary N) is 9. The normalized spacial score (nSPS) is 14.7. The number of carboxylic acid groups (broad SMARTS) is 1. The lowest BCUT2D eigenvalue weighted by atomic mass is 10.0. The van der Waals surface area contributed by atoms with Crippen LogP contribution in [-0.2, 0) is 59.2 Å². The monoisotopic (exact) mass is 1300 g/mol. The van der Waals surface area contributed by atoms with Crippen LogP contribution in [0, 0.1) is 0 Å². The number of aliphatic hydroxyl groups is 1. The van der Waals surface area contributed by atoms with E-state index in [0.717, 1.165) is 0 Å². The summed E-state index contributed by atoms with van der Waals surface area (Å²) < 4.78 is 0. The van der Waals surface area contributed by atoms with Crippen LogP contribution in [0.4, 0.5) is 0 Å². The molecule has 522 valence electrons. The molecule has 31 N–H and O–H groups in total. The molecular weight excluding hydrogens is 1200 g/mol. The number of aliphatic carboxylic acids is 1. The fourth-order valence-electron chi connectivity index (χ4n) is 9.51. The average molecular weight is 1310 g/mol. The highest BCUT2D eigenvalue weighted by atomic mass is 16.4. The number of hydrogen-bond acceptors (Lipinski definition) is 20. The Morgan fingerprint density at radius 3 is 1.08 bits per heavy atom. The highest BCUT2D eigenvalue weighted by molar-refractivity contribution is 5.99. The minimum absolute atomic E-state index is 0.0112. The van der Waals surface area contributed by atoms with Crippen LogP contribution in [0.1, 0.15) is 147 Å². The van der Waals surface area contributed by atoms with Gasteiger partial charge in [0.15, 0.2) is 5.96 Å². The molecule has 1 aromatic carbocycles. The number of benzene rings is 1. The van der Waals surface area contributed by atoms with E-state index in [1.807, 2.05) is 0 Å². The predicted octanol–water partition coefficient (Wildman–Crippen LogP) is -5.91. The number of rotatable bonds is 52. The molecular formula is C59H108N20O13. The van der Waals surface area contributed by atoms with Crippen molar-refractivity contribution in [2.24, 2.45) is 62.3 Å². The maximum absolute atomic E-state index is 14.6. The van der Waals surface area contributed by atoms with Crippen molar-refractivity contribution < 1.29 is 63.0 Å². The molecule has 0 aliphatic heterocycles. The van der Waals surface area contributed by atoms with Gasteiger partial charge in [-0.2, -0.15) is 0 Å². The van der Waals surface area contributed by atoms with E-state index in [0.29, 0.717) is 69.9 Å². The maximum atomic E-state index is 14.6. The molecule has 10 amide bonds. The van der Waals surface area contributed by atoms with Gasteiger partial charge in [-0.05, 0) is 174 Å². The number of carbonyl (C=O) groups excluding carboxylic acids is 10. The molecule has 0 saturated heterocycles. The standard InChI is InChI=1S/C59H108N20O13/c1-36(80)48(57(90)76-44(58(91)92)25-10-16-32-65)79-56(89)45(34-37-18-3-2-4-19-37)77-54(87)42(24-9-15-31-64)73-52(85)43(26-17-33-70-59(68)69)74-50(83)40(22-7-13-29-62)72-51(84)41(23-8-14-30-63)75-55(88)46(35-47(67)81)78-53(86)39(21-6-12-28-61)71-49(82)38(66)20-5-11-27-60/h2-4,18-19,36,38-46,48,80H,5-17,20-35,60-66H2,1H3,(H2,67,81)(H,71,82)(H,72,84)(H,73,85)(H,74,83)(H,75,88)(H,76,90)(H,77,87)(H,78,86)(H,79,89)(H,91,92)(H4,68,69,70)/t36-,38+,39+,40+,41+,42+,43+,44+,45+,46+,48+/m1/s1. The first-order chi connectivity index (χ1) is 43.9. The van der Waals surface area contributed by atoms with Crippen LogP contribution in [0.5, 0.6) is 0 Å². The van der Waals surface area contributed by atoms with E-state index in [-0.39, 0.29) is 122 Å². The van der Waals surface area contributed by atoms with Gasteiger partial charge >= 0.3 is 5.97 Å². The number of hydrogen-bond donors (Lipinski definition) is 21. The van der Waals surface area contributed by atoms with E-state index in [1.54, 1.807) is 30.3 Å². The zero-order chi connectivity index (χ0) is 69.0. The van der Waals surface area contributed by atoms with Gasteiger partial charge in [0.25, 0.3) is 0 Å². The molecule has 0 aliphatic rings. The highest BCUT2D eigenvalue weighted by Gasteiger charge is 2.37. The second-order valence-electron chi connectivity index (χ2n) is 22.7. The molecule has 33 heteroatoms. The SMILES string of the molecule is C[C@@H](O)[C@H](NC(=O)[C@H](Cc1ccccc1)NC(=O)[C@H](CCCCN)NC(=O)[C@H](CCCN=C(N)N)NC(=O)[C@H](CCCCN)NC(=O)[C@H](CCCCN)NC(=O)[C@H](CC(N)=O)NC(=O)[C@H](CCCCN)NC(=O)[C@@H](N)CCCCN)C(=O)N[C@@H](CCCCN)C(=O)O. The third-order valence-corrected chi connectivity index (χ3v) is 14.8. The number of carboxylic acids is 1. The number of aliphatic imine (C=N–C) groups is 1. The lowest BCUT2D eigenvalue weighted by Crippen LogP contribution is -2.61. The van der Waals surface area contributed by atoms with Crippen molar-refractivity contribution in [1.29, 1.82) is 0 Å². The van der Waals surface area contributed by atoms with E-state index in [1.165, 1.54) is 6.92 Å². The summed E-state index contributed by atoms with van der Waals surface area (Å²) in [7, 11) is 0. The summed E-state index contributed by atoms with van der Waals surface area (Å²) >= 11 is 0. The van der Waals surface area contributed by atoms with Crippen LogP contribution in [0.15, 0.2) is 35.3 Å². The van der Waals surface area contributed by atoms with Crippen LogP contribution < -0.4 is 105 Å². The predicted molar refractivity (Wildman–Crippen MR) is 346 cm³/mol. The van der Waals surface area contributed by atoms with Crippen LogP contribution in [-0.4, -0.2) is 194 Å². The van der Waals surface area contributed by atoms with Gasteiger partial charge in [-0.25, -0.2) is 4.79 Å². The number of nitrogens with zero attached hydrogens (tertiary/aromatic N) is 1. The summed E-state index contributed by atoms with van der Waals surface area (Å²) in [6.45, 7) is 2.75. The van der Waals surface area contributed by atoms with Gasteiger partial charge in [0.1, 0.15) is 54.4 Å². The number of primary amides is 1. The first kappa shape index (κ1) is 82.4. The molecule has 0 aliphatic carbocycles. The Hall–Kier alpha value is -7.66. The topological polar surface area (TPSA) is 609 Å². The molecule has 0 unspecified atom stereocenters. The Bertz CT molecular complexity index is 2440. The summed E-state index contributed by atoms with van der Waals surface area (Å²) in [4.78, 5) is 156. The lowest BCUT2D eigenvalue weighted by molar-refractivity contribution is -0.143. The van der Waals surface area contributed by atoms with Crippen molar-refractivity contribution in [2.75, 3.05) is 45.8 Å². The van der Waals surface area contributed by atoms with E-state index in [2.05, 4.69) is 52.8 Å². The number of aliphatic hydroxyl groups excluding tert-OH is 1. The van der Waals surface area contributed by atoms with Gasteiger partial charge < -0.3 is 115 Å². The van der Waals surface area contributed by atoms with Crippen molar-refractivity contribution >= 4 is 71.0 Å². The Kier molecular flexibility index (Phi) is 43.1. The third kappa shape index (κ3) is 34.7. The van der Waals surface area contributed by atoms with E-state index in [4.69, 9.17) is 57.3 Å². The van der Waals surface area contributed by atoms with Crippen molar-refractivity contribution in [3.05, 3.63) is 35.9 Å². The van der Waals surface area contributed by atoms with E-state index >= 15 is 0 Å². The largest absolute Gasteiger partial charge is 0.480 e. The van der Waals surface area contributed by atoms with Crippen molar-refractivity contribution in [3.8, 4) is 0 Å². The van der Waals surface area contributed by atoms with E-state index < -0.39 is 138 Å². The maximum Gasteiger partial charge on any atom is 0.326 e. The van der Waals surface area contributed by atoms with Crippen molar-refractivity contribution in [3.63, 3.8) is 0 Å². The molecule has 0 bridgehead atoms. The lowest BCUT2D eigenvalue weighted by Gasteiger charge is -2.29. The summed E-state index contributed by atoms with van der Waals surface area (Å²) in [6.07, 6.45) is 2.59. The first-order valence-electron chi connectivity index (χ1n) is 31.9. The molecule has 0 aromatic heterocycles. The number of nitrogens with two attached hydrogens (primary N) is 10. The summed E-state index contributed by atoms with van der Waals surface area (Å²) in [5.41, 5.74) is 57.7. The molecule has 11 atom stereocenters. The fourth-order valence-corrected chi connectivity index (χ4v) is 9.51. The van der Waals surface area contributed by atoms with Gasteiger partial charge in [-0.3, -0.25) is 52.9 Å². The summed E-state index contributed by atoms with van der Waals surface area (Å²) in [5.74, 6) is -10.6. The quantitative estimate of drug-likeness (QED) is 0.0164. The smallest absolute Gasteiger partial charge is 0.326 e. The second-order valence-corrected chi connectivity index (χ2v) is 22.7. The van der Waals surface area contributed by atoms with Gasteiger partial charge in [0.2, 0.25) is 59.1 Å². The molecule has 1 rings (SSSR count). The number of unbranched alkanes of at least 4 members (excludes halogenated alkanes) is 6. The molecule has 1 aromatic rings. The van der Waals surface area contributed by atoms with Gasteiger partial charge in [0.05, 0.1) is 18.6 Å². The molecule has 0 fully saturated rings. The van der Waals surface area contributed by atoms with Gasteiger partial charge in [0, 0.05) is 13.0 Å². The summed E-state index contributed by atoms with van der Waals surface area (Å²) in [6, 6.07) is -5.66. The zero-order valence-corrected chi connectivity index (χ0v) is 53.3. The van der Waals surface area contributed by atoms with Crippen LogP contribution in [0.3, 0.4) is 0 Å². The minimum Gasteiger partial charge on any atom is -0.480 e. The van der Waals surface area contributed by atoms with Crippen LogP contribution in [0.25, 0.3) is 0 Å². The summed E-state index contributed by atoms with van der Waals surface area (Å²) in [5, 5.41) is 43.8. The first-order valence-corrected chi connectivity index (χ1v) is 31.9. The molecule has 0 saturated carbocycles. The Morgan fingerprint density at radius 1 is 0.402 bits per heavy atom. The molecule has 0 heterocycles. The molecule has 0 radical (unpaired) electrons. The highest BCUT2D eigenvalue weighted by Crippen LogP contribution is 2.13. The number of guanidine groups is 1. The van der Waals surface area contributed by atoms with Crippen LogP contribution >= 0.6 is 0 Å². The third-order valence-electron chi connectivity index (χ3n) is 14.8. The Morgan fingerprint density at radius 2 is 0.717 bits per heavy atom. The average Bonchev–Trinajstić information content (AvgIpc) is 1.65. The Labute approximate surface area is 538 Å². The minimum atomic E-state index is -1.69. The molecule has 92 heavy (non-hydrogen) atoms. The van der Waals surface area contributed by atoms with Crippen molar-refractivity contribution in [1.82, 2.24) is 47.9 Å². The van der Waals surface area contributed by atoms with Gasteiger partial charge in [-0.15, -0.1) is 0 Å². The zero-order valence-electron chi connectivity index (χ0n) is 53.3. The number of amides is 10. The number of carbonyl (C=O) groups is 11. The Balaban J connectivity index is 3.75. The second kappa shape index (κ2) is 48.1. The molecule has 33 nitrogen and oxygen atoms in total.